The Balaban J connectivity index is 2.03. The van der Waals surface area contributed by atoms with Crippen LogP contribution in [0.4, 0.5) is 39.3 Å². The van der Waals surface area contributed by atoms with Gasteiger partial charge in [0.15, 0.2) is 5.75 Å². The van der Waals surface area contributed by atoms with E-state index in [1.54, 1.807) is 4.90 Å². The summed E-state index contributed by atoms with van der Waals surface area (Å²) in [5.41, 5.74) is -0.704. The molecule has 2 heterocycles. The second-order valence-electron chi connectivity index (χ2n) is 7.69. The fourth-order valence-corrected chi connectivity index (χ4v) is 3.32. The molecule has 3 rings (SSSR count). The van der Waals surface area contributed by atoms with Gasteiger partial charge in [0.2, 0.25) is 11.9 Å². The quantitative estimate of drug-likeness (QED) is 0.221. The smallest absolute Gasteiger partial charge is 0.402 e. The first-order valence-corrected chi connectivity index (χ1v) is 11.0. The van der Waals surface area contributed by atoms with Crippen molar-refractivity contribution in [1.82, 2.24) is 15.3 Å². The molecular formula is C25H22F5N5O3. The van der Waals surface area contributed by atoms with Crippen LogP contribution in [0.5, 0.6) is 5.75 Å². The molecule has 1 saturated heterocycles. The van der Waals surface area contributed by atoms with E-state index in [1.807, 2.05) is 0 Å². The van der Waals surface area contributed by atoms with E-state index in [1.165, 1.54) is 18.2 Å². The number of benzene rings is 1. The number of rotatable bonds is 8. The summed E-state index contributed by atoms with van der Waals surface area (Å²) in [7, 11) is 0. The number of hydrogen-bond acceptors (Lipinski definition) is 7. The summed E-state index contributed by atoms with van der Waals surface area (Å²) in [6.45, 7) is 6.04. The fraction of sp³-hybridized carbons (Fsp3) is 0.240. The molecule has 1 amide bonds. The van der Waals surface area contributed by atoms with Gasteiger partial charge in [-0.1, -0.05) is 12.5 Å². The molecule has 2 N–H and O–H groups in total. The van der Waals surface area contributed by atoms with Gasteiger partial charge in [-0.25, -0.2) is 18.7 Å². The van der Waals surface area contributed by atoms with E-state index < -0.39 is 41.1 Å². The third-order valence-electron chi connectivity index (χ3n) is 5.05. The largest absolute Gasteiger partial charge is 0.573 e. The number of morpholine rings is 1. The van der Waals surface area contributed by atoms with Crippen molar-refractivity contribution in [2.24, 2.45) is 0 Å². The first-order chi connectivity index (χ1) is 18.0. The van der Waals surface area contributed by atoms with Crippen molar-refractivity contribution < 1.29 is 36.2 Å². The average molecular weight is 535 g/mol. The van der Waals surface area contributed by atoms with E-state index >= 15 is 0 Å². The molecule has 8 nitrogen and oxygen atoms in total. The lowest BCUT2D eigenvalue weighted by Crippen LogP contribution is -2.36. The Labute approximate surface area is 214 Å². The zero-order valence-electron chi connectivity index (χ0n) is 20.0. The van der Waals surface area contributed by atoms with Crippen molar-refractivity contribution >= 4 is 28.8 Å². The van der Waals surface area contributed by atoms with Gasteiger partial charge in [0.25, 0.3) is 0 Å². The van der Waals surface area contributed by atoms with Crippen molar-refractivity contribution in [3.05, 3.63) is 66.2 Å². The number of ether oxygens (including phenoxy) is 2. The van der Waals surface area contributed by atoms with E-state index in [0.29, 0.717) is 32.0 Å². The Bertz CT molecular complexity index is 1310. The molecule has 1 aliphatic rings. The maximum atomic E-state index is 14.5. The topological polar surface area (TPSA) is 88.6 Å². The lowest BCUT2D eigenvalue weighted by atomic mass is 10.1. The van der Waals surface area contributed by atoms with Gasteiger partial charge in [0.1, 0.15) is 17.3 Å². The number of anilines is 3. The predicted octanol–water partition coefficient (Wildman–Crippen LogP) is 4.61. The molecule has 200 valence electrons. The Hall–Kier alpha value is -4.44. The number of carbonyl (C=O) groups excluding carboxylic acids is 1. The summed E-state index contributed by atoms with van der Waals surface area (Å²) in [5.74, 6) is -1.11. The Morgan fingerprint density at radius 1 is 1.32 bits per heavy atom. The third-order valence-corrected chi connectivity index (χ3v) is 5.05. The van der Waals surface area contributed by atoms with Crippen LogP contribution in [-0.4, -0.2) is 48.5 Å². The van der Waals surface area contributed by atoms with Crippen molar-refractivity contribution in [2.45, 2.75) is 13.3 Å². The van der Waals surface area contributed by atoms with Crippen LogP contribution in [0.1, 0.15) is 12.6 Å². The molecule has 13 heteroatoms. The Morgan fingerprint density at radius 3 is 2.63 bits per heavy atom. The van der Waals surface area contributed by atoms with Crippen LogP contribution in [0, 0.1) is 18.2 Å². The minimum Gasteiger partial charge on any atom is -0.402 e. The minimum absolute atomic E-state index is 0.215. The van der Waals surface area contributed by atoms with Gasteiger partial charge in [-0.05, 0) is 37.3 Å². The normalized spacial score (nSPS) is 14.8. The maximum Gasteiger partial charge on any atom is 0.573 e. The van der Waals surface area contributed by atoms with Crippen molar-refractivity contribution in [2.75, 3.05) is 36.5 Å². The number of allylic oxidation sites excluding steroid dienone is 3. The average Bonchev–Trinajstić information content (AvgIpc) is 2.88. The zero-order valence-corrected chi connectivity index (χ0v) is 20.0. The molecule has 2 aromatic rings. The SMILES string of the molecule is C#CC(=CC(NC(=O)C=C)=C(C)F)c1nc(Nc2ccc(F)c(N3CCOCC3)c2)ncc1OC(F)(F)F. The second kappa shape index (κ2) is 12.2. The molecule has 0 atom stereocenters. The van der Waals surface area contributed by atoms with Crippen LogP contribution in [0.3, 0.4) is 0 Å². The number of aromatic nitrogens is 2. The van der Waals surface area contributed by atoms with Crippen molar-refractivity contribution in [3.63, 3.8) is 0 Å². The summed E-state index contributed by atoms with van der Waals surface area (Å²) in [5, 5.41) is 4.96. The number of carbonyl (C=O) groups is 1. The van der Waals surface area contributed by atoms with Gasteiger partial charge in [0.05, 0.1) is 36.4 Å². The minimum atomic E-state index is -5.12. The lowest BCUT2D eigenvalue weighted by molar-refractivity contribution is -0.274. The van der Waals surface area contributed by atoms with Gasteiger partial charge in [-0.3, -0.25) is 4.79 Å². The maximum absolute atomic E-state index is 14.5. The van der Waals surface area contributed by atoms with Crippen LogP contribution in [0.15, 0.2) is 54.7 Å². The summed E-state index contributed by atoms with van der Waals surface area (Å²) in [6, 6.07) is 4.09. The molecule has 1 fully saturated rings. The number of halogens is 5. The van der Waals surface area contributed by atoms with Gasteiger partial charge in [-0.15, -0.1) is 19.6 Å². The number of hydrogen-bond donors (Lipinski definition) is 2. The molecule has 1 aromatic heterocycles. The first kappa shape index (κ1) is 28.1. The number of nitrogens with zero attached hydrogens (tertiary/aromatic N) is 3. The number of nitrogens with one attached hydrogen (secondary N) is 2. The zero-order chi connectivity index (χ0) is 27.9. The predicted molar refractivity (Wildman–Crippen MR) is 130 cm³/mol. The number of alkyl halides is 3. The van der Waals surface area contributed by atoms with Gasteiger partial charge < -0.3 is 25.0 Å². The molecule has 38 heavy (non-hydrogen) atoms. The van der Waals surface area contributed by atoms with Crippen molar-refractivity contribution in [3.8, 4) is 18.1 Å². The van der Waals surface area contributed by atoms with E-state index in [4.69, 9.17) is 11.2 Å². The molecule has 0 spiro atoms. The summed E-state index contributed by atoms with van der Waals surface area (Å²) < 4.78 is 77.0. The lowest BCUT2D eigenvalue weighted by Gasteiger charge is -2.29. The van der Waals surface area contributed by atoms with E-state index in [9.17, 15) is 26.7 Å². The highest BCUT2D eigenvalue weighted by Gasteiger charge is 2.33. The highest BCUT2D eigenvalue weighted by Crippen LogP contribution is 2.32. The highest BCUT2D eigenvalue weighted by atomic mass is 19.4. The molecule has 0 bridgehead atoms. The monoisotopic (exact) mass is 535 g/mol. The number of amides is 1. The number of terminal acetylenes is 1. The summed E-state index contributed by atoms with van der Waals surface area (Å²) >= 11 is 0. The molecule has 0 unspecified atom stereocenters. The van der Waals surface area contributed by atoms with Crippen LogP contribution in [0.2, 0.25) is 0 Å². The van der Waals surface area contributed by atoms with E-state index in [-0.39, 0.29) is 17.2 Å². The van der Waals surface area contributed by atoms with Crippen LogP contribution in [-0.2, 0) is 9.53 Å². The van der Waals surface area contributed by atoms with Gasteiger partial charge in [0, 0.05) is 18.8 Å². The first-order valence-electron chi connectivity index (χ1n) is 11.0. The Kier molecular flexibility index (Phi) is 9.03. The molecular weight excluding hydrogens is 513 g/mol. The van der Waals surface area contributed by atoms with Crippen LogP contribution in [0.25, 0.3) is 5.57 Å². The van der Waals surface area contributed by atoms with E-state index in [0.717, 1.165) is 25.3 Å². The molecule has 0 radical (unpaired) electrons. The summed E-state index contributed by atoms with van der Waals surface area (Å²) in [4.78, 5) is 21.3. The van der Waals surface area contributed by atoms with Gasteiger partial charge >= 0.3 is 6.36 Å². The highest BCUT2D eigenvalue weighted by molar-refractivity contribution is 5.90. The van der Waals surface area contributed by atoms with Crippen molar-refractivity contribution in [1.29, 1.82) is 0 Å². The van der Waals surface area contributed by atoms with Crippen LogP contribution < -0.4 is 20.3 Å². The van der Waals surface area contributed by atoms with Crippen LogP contribution >= 0.6 is 0 Å². The summed E-state index contributed by atoms with van der Waals surface area (Å²) in [6.07, 6.45) is 2.89. The Morgan fingerprint density at radius 2 is 2.03 bits per heavy atom. The molecule has 1 aromatic carbocycles. The molecule has 0 aliphatic carbocycles. The third kappa shape index (κ3) is 7.53. The van der Waals surface area contributed by atoms with E-state index in [2.05, 4.69) is 37.8 Å². The molecule has 1 aliphatic heterocycles. The van der Waals surface area contributed by atoms with Gasteiger partial charge in [-0.2, -0.15) is 0 Å². The second-order valence-corrected chi connectivity index (χ2v) is 7.69. The standard InChI is InChI=1S/C25H22F5N5O3/c1-4-16(12-19(15(3)26)33-22(36)5-2)23-21(38-25(28,29)30)14-31-24(34-23)32-17-6-7-18(27)20(13-17)35-8-10-37-11-9-35/h1,5-7,12-14H,2,8-11H2,3H3,(H,33,36)(H,31,32,34). The molecule has 0 saturated carbocycles. The fourth-order valence-electron chi connectivity index (χ4n) is 3.32.